The van der Waals surface area contributed by atoms with Gasteiger partial charge in [0.05, 0.1) is 6.10 Å². The Labute approximate surface area is 120 Å². The molecule has 1 amide bonds. The fourth-order valence-corrected chi connectivity index (χ4v) is 3.66. The lowest BCUT2D eigenvalue weighted by atomic mass is 9.74. The average molecular weight is 291 g/mol. The van der Waals surface area contributed by atoms with Crippen molar-refractivity contribution in [2.45, 2.75) is 31.0 Å². The monoisotopic (exact) mass is 290 g/mol. The summed E-state index contributed by atoms with van der Waals surface area (Å²) in [6, 6.07) is 0. The Morgan fingerprint density at radius 1 is 1.37 bits per heavy atom. The molecule has 19 heavy (non-hydrogen) atoms. The van der Waals surface area contributed by atoms with Crippen LogP contribution in [-0.4, -0.2) is 60.9 Å². The summed E-state index contributed by atoms with van der Waals surface area (Å²) in [7, 11) is 1.64. The van der Waals surface area contributed by atoms with Crippen LogP contribution in [0.15, 0.2) is 0 Å². The molecule has 2 saturated heterocycles. The molecule has 0 aromatic rings. The highest BCUT2D eigenvalue weighted by Gasteiger charge is 2.51. The minimum Gasteiger partial charge on any atom is -0.393 e. The summed E-state index contributed by atoms with van der Waals surface area (Å²) in [5, 5.41) is 12.9. The van der Waals surface area contributed by atoms with Gasteiger partial charge in [0.1, 0.15) is 5.60 Å². The standard InChI is InChI=1S/C13H22N2O3.ClH/c1-18-13(2-4-14-5-3-13)12(17)15-7-9-6-11(16)10(9)8-15;/h9-11,14,16H,2-8H2,1H3;1H/t9-,10+,11-;/m0./s1. The second-order valence-corrected chi connectivity index (χ2v) is 5.89. The number of fused-ring (bicyclic) bond motifs is 1. The van der Waals surface area contributed by atoms with E-state index in [1.807, 2.05) is 4.90 Å². The minimum absolute atomic E-state index is 0. The Kier molecular flexibility index (Phi) is 4.40. The van der Waals surface area contributed by atoms with Crippen molar-refractivity contribution in [3.8, 4) is 0 Å². The minimum atomic E-state index is -0.625. The summed E-state index contributed by atoms with van der Waals surface area (Å²) < 4.78 is 5.58. The van der Waals surface area contributed by atoms with Gasteiger partial charge in [0.25, 0.3) is 5.91 Å². The zero-order chi connectivity index (χ0) is 12.8. The second kappa shape index (κ2) is 5.56. The highest BCUT2D eigenvalue weighted by Crippen LogP contribution is 2.42. The molecule has 1 aliphatic carbocycles. The van der Waals surface area contributed by atoms with E-state index >= 15 is 0 Å². The first-order valence-electron chi connectivity index (χ1n) is 6.89. The van der Waals surface area contributed by atoms with E-state index in [1.54, 1.807) is 7.11 Å². The lowest BCUT2D eigenvalue weighted by molar-refractivity contribution is -0.157. The summed E-state index contributed by atoms with van der Waals surface area (Å²) >= 11 is 0. The van der Waals surface area contributed by atoms with Crippen molar-refractivity contribution in [1.29, 1.82) is 0 Å². The molecule has 0 bridgehead atoms. The highest BCUT2D eigenvalue weighted by atomic mass is 35.5. The maximum absolute atomic E-state index is 12.7. The van der Waals surface area contributed by atoms with E-state index in [1.165, 1.54) is 0 Å². The molecule has 0 radical (unpaired) electrons. The molecule has 3 fully saturated rings. The van der Waals surface area contributed by atoms with E-state index in [2.05, 4.69) is 5.32 Å². The molecule has 0 spiro atoms. The van der Waals surface area contributed by atoms with Crippen LogP contribution in [0.25, 0.3) is 0 Å². The molecule has 0 unspecified atom stereocenters. The number of carbonyl (C=O) groups excluding carboxylic acids is 1. The first kappa shape index (κ1) is 15.0. The molecule has 2 N–H and O–H groups in total. The van der Waals surface area contributed by atoms with Crippen molar-refractivity contribution in [1.82, 2.24) is 10.2 Å². The van der Waals surface area contributed by atoms with Gasteiger partial charge in [-0.3, -0.25) is 4.79 Å². The van der Waals surface area contributed by atoms with Crippen molar-refractivity contribution in [2.75, 3.05) is 33.3 Å². The van der Waals surface area contributed by atoms with Crippen molar-refractivity contribution in [3.05, 3.63) is 0 Å². The number of methoxy groups -OCH3 is 1. The Morgan fingerprint density at radius 2 is 2.05 bits per heavy atom. The molecule has 3 rings (SSSR count). The number of hydrogen-bond donors (Lipinski definition) is 2. The summed E-state index contributed by atoms with van der Waals surface area (Å²) in [4.78, 5) is 14.6. The van der Waals surface area contributed by atoms with Crippen LogP contribution in [0.1, 0.15) is 19.3 Å². The first-order valence-corrected chi connectivity index (χ1v) is 6.89. The number of piperidine rings is 1. The predicted molar refractivity (Wildman–Crippen MR) is 73.3 cm³/mol. The molecule has 3 aliphatic rings. The maximum Gasteiger partial charge on any atom is 0.254 e. The number of aliphatic hydroxyl groups is 1. The summed E-state index contributed by atoms with van der Waals surface area (Å²) in [6.07, 6.45) is 2.16. The van der Waals surface area contributed by atoms with E-state index in [-0.39, 0.29) is 24.4 Å². The third-order valence-electron chi connectivity index (χ3n) is 5.01. The molecule has 3 atom stereocenters. The van der Waals surface area contributed by atoms with Crippen LogP contribution in [0.2, 0.25) is 0 Å². The van der Waals surface area contributed by atoms with Crippen LogP contribution in [0.4, 0.5) is 0 Å². The van der Waals surface area contributed by atoms with Crippen LogP contribution in [0.5, 0.6) is 0 Å². The van der Waals surface area contributed by atoms with Gasteiger partial charge in [-0.25, -0.2) is 0 Å². The quantitative estimate of drug-likeness (QED) is 0.752. The number of amides is 1. The first-order chi connectivity index (χ1) is 8.66. The summed E-state index contributed by atoms with van der Waals surface area (Å²) in [5.41, 5.74) is -0.625. The fourth-order valence-electron chi connectivity index (χ4n) is 3.66. The molecule has 0 aromatic heterocycles. The number of rotatable bonds is 2. The molecular weight excluding hydrogens is 268 g/mol. The van der Waals surface area contributed by atoms with Gasteiger partial charge in [-0.05, 0) is 38.3 Å². The van der Waals surface area contributed by atoms with Gasteiger partial charge in [-0.15, -0.1) is 12.4 Å². The van der Waals surface area contributed by atoms with E-state index in [9.17, 15) is 9.90 Å². The van der Waals surface area contributed by atoms with Crippen LogP contribution in [0.3, 0.4) is 0 Å². The molecule has 110 valence electrons. The molecule has 6 heteroatoms. The lowest BCUT2D eigenvalue weighted by Gasteiger charge is -2.37. The number of aliphatic hydroxyl groups excluding tert-OH is 1. The molecule has 5 nitrogen and oxygen atoms in total. The summed E-state index contributed by atoms with van der Waals surface area (Å²) in [5.74, 6) is 0.956. The number of likely N-dealkylation sites (tertiary alicyclic amines) is 1. The number of nitrogens with zero attached hydrogens (tertiary/aromatic N) is 1. The van der Waals surface area contributed by atoms with Crippen molar-refractivity contribution in [3.63, 3.8) is 0 Å². The maximum atomic E-state index is 12.7. The second-order valence-electron chi connectivity index (χ2n) is 5.89. The topological polar surface area (TPSA) is 61.8 Å². The number of halogens is 1. The van der Waals surface area contributed by atoms with Gasteiger partial charge >= 0.3 is 0 Å². The summed E-state index contributed by atoms with van der Waals surface area (Å²) in [6.45, 7) is 3.19. The molecule has 0 aromatic carbocycles. The van der Waals surface area contributed by atoms with Crippen LogP contribution < -0.4 is 5.32 Å². The van der Waals surface area contributed by atoms with E-state index in [0.717, 1.165) is 38.9 Å². The Bertz CT molecular complexity index is 347. The third-order valence-corrected chi connectivity index (χ3v) is 5.01. The number of ether oxygens (including phenoxy) is 1. The van der Waals surface area contributed by atoms with Gasteiger partial charge < -0.3 is 20.1 Å². The van der Waals surface area contributed by atoms with Gasteiger partial charge in [-0.1, -0.05) is 0 Å². The van der Waals surface area contributed by atoms with Crippen molar-refractivity contribution < 1.29 is 14.6 Å². The largest absolute Gasteiger partial charge is 0.393 e. The average Bonchev–Trinajstić information content (AvgIpc) is 2.76. The highest BCUT2D eigenvalue weighted by molar-refractivity contribution is 5.86. The number of carbonyl (C=O) groups is 1. The molecule has 2 aliphatic heterocycles. The molecule has 2 heterocycles. The molecular formula is C13H23ClN2O3. The van der Waals surface area contributed by atoms with Gasteiger partial charge in [0.15, 0.2) is 0 Å². The van der Waals surface area contributed by atoms with Gasteiger partial charge in [0, 0.05) is 26.1 Å². The van der Waals surface area contributed by atoms with Gasteiger partial charge in [0.2, 0.25) is 0 Å². The van der Waals surface area contributed by atoms with Crippen LogP contribution in [-0.2, 0) is 9.53 Å². The van der Waals surface area contributed by atoms with E-state index in [4.69, 9.17) is 4.74 Å². The van der Waals surface area contributed by atoms with Gasteiger partial charge in [-0.2, -0.15) is 0 Å². The van der Waals surface area contributed by atoms with E-state index in [0.29, 0.717) is 18.4 Å². The van der Waals surface area contributed by atoms with E-state index < -0.39 is 5.60 Å². The third kappa shape index (κ3) is 2.37. The van der Waals surface area contributed by atoms with Crippen molar-refractivity contribution >= 4 is 18.3 Å². The predicted octanol–water partition coefficient (Wildman–Crippen LogP) is 0.0160. The zero-order valence-corrected chi connectivity index (χ0v) is 12.1. The number of nitrogens with one attached hydrogen (secondary N) is 1. The lowest BCUT2D eigenvalue weighted by Crippen LogP contribution is -2.54. The van der Waals surface area contributed by atoms with Crippen LogP contribution in [0, 0.1) is 11.8 Å². The SMILES string of the molecule is COC1(C(=O)N2C[C@@H]3C[C@H](O)[C@@H]3C2)CCNCC1.Cl. The van der Waals surface area contributed by atoms with Crippen LogP contribution >= 0.6 is 12.4 Å². The Hall–Kier alpha value is -0.360. The van der Waals surface area contributed by atoms with Crippen molar-refractivity contribution in [2.24, 2.45) is 11.8 Å². The number of hydrogen-bond acceptors (Lipinski definition) is 4. The zero-order valence-electron chi connectivity index (χ0n) is 11.3. The Balaban J connectivity index is 0.00000133. The fraction of sp³-hybridized carbons (Fsp3) is 0.923. The normalized spacial score (nSPS) is 36.1. The molecule has 1 saturated carbocycles. The Morgan fingerprint density at radius 3 is 2.58 bits per heavy atom. The smallest absolute Gasteiger partial charge is 0.254 e.